The van der Waals surface area contributed by atoms with Gasteiger partial charge in [-0.25, -0.2) is 4.68 Å². The molecule has 1 N–H and O–H groups in total. The Labute approximate surface area is 135 Å². The summed E-state index contributed by atoms with van der Waals surface area (Å²) in [4.78, 5) is 16.5. The lowest BCUT2D eigenvalue weighted by Gasteiger charge is -2.36. The second-order valence-electron chi connectivity index (χ2n) is 6.38. The molecule has 0 atom stereocenters. The zero-order valence-electron chi connectivity index (χ0n) is 13.2. The minimum Gasteiger partial charge on any atom is -0.352 e. The van der Waals surface area contributed by atoms with E-state index < -0.39 is 0 Å². The van der Waals surface area contributed by atoms with Gasteiger partial charge in [-0.3, -0.25) is 9.78 Å². The first-order valence-corrected chi connectivity index (χ1v) is 8.12. The zero-order valence-corrected chi connectivity index (χ0v) is 13.2. The maximum absolute atomic E-state index is 12.4. The second kappa shape index (κ2) is 7.30. The Hall–Kier alpha value is -2.31. The van der Waals surface area contributed by atoms with Crippen molar-refractivity contribution in [3.8, 4) is 0 Å². The molecule has 1 aliphatic rings. The molecule has 122 valence electrons. The number of nitrogens with zero attached hydrogens (tertiary/aromatic N) is 5. The number of aromatic nitrogens is 5. The summed E-state index contributed by atoms with van der Waals surface area (Å²) in [5, 5.41) is 14.4. The van der Waals surface area contributed by atoms with Gasteiger partial charge in [0.1, 0.15) is 6.33 Å². The summed E-state index contributed by atoms with van der Waals surface area (Å²) in [5.74, 6) is 0.0869. The quantitative estimate of drug-likeness (QED) is 0.877. The molecule has 1 aliphatic carbocycles. The first-order chi connectivity index (χ1) is 11.3. The number of amides is 1. The molecule has 0 aliphatic heterocycles. The molecule has 0 saturated heterocycles. The van der Waals surface area contributed by atoms with Gasteiger partial charge in [0, 0.05) is 25.4 Å². The van der Waals surface area contributed by atoms with Crippen molar-refractivity contribution in [2.45, 2.75) is 51.6 Å². The van der Waals surface area contributed by atoms with E-state index in [-0.39, 0.29) is 11.3 Å². The summed E-state index contributed by atoms with van der Waals surface area (Å²) in [6.45, 7) is 1.23. The van der Waals surface area contributed by atoms with Crippen LogP contribution < -0.4 is 5.32 Å². The highest BCUT2D eigenvalue weighted by atomic mass is 16.1. The van der Waals surface area contributed by atoms with Crippen molar-refractivity contribution in [2.75, 3.05) is 0 Å². The van der Waals surface area contributed by atoms with Gasteiger partial charge in [0.15, 0.2) is 0 Å². The smallest absolute Gasteiger partial charge is 0.220 e. The van der Waals surface area contributed by atoms with Crippen LogP contribution >= 0.6 is 0 Å². The van der Waals surface area contributed by atoms with Crippen molar-refractivity contribution >= 4 is 5.91 Å². The maximum Gasteiger partial charge on any atom is 0.220 e. The number of tetrazole rings is 1. The van der Waals surface area contributed by atoms with Gasteiger partial charge in [-0.05, 0) is 40.3 Å². The van der Waals surface area contributed by atoms with Crippen molar-refractivity contribution in [2.24, 2.45) is 5.41 Å². The van der Waals surface area contributed by atoms with Gasteiger partial charge in [0.25, 0.3) is 0 Å². The van der Waals surface area contributed by atoms with Gasteiger partial charge in [0.05, 0.1) is 6.54 Å². The van der Waals surface area contributed by atoms with Crippen LogP contribution in [0.3, 0.4) is 0 Å². The fourth-order valence-electron chi connectivity index (χ4n) is 3.40. The second-order valence-corrected chi connectivity index (χ2v) is 6.38. The number of carbonyl (C=O) groups excluding carboxylic acids is 1. The summed E-state index contributed by atoms with van der Waals surface area (Å²) in [7, 11) is 0. The number of hydrogen-bond donors (Lipinski definition) is 1. The maximum atomic E-state index is 12.4. The Morgan fingerprint density at radius 2 is 2.17 bits per heavy atom. The minimum absolute atomic E-state index is 0.0351. The van der Waals surface area contributed by atoms with Crippen molar-refractivity contribution in [1.82, 2.24) is 30.5 Å². The monoisotopic (exact) mass is 314 g/mol. The van der Waals surface area contributed by atoms with Crippen LogP contribution in [0.5, 0.6) is 0 Å². The molecule has 2 aromatic heterocycles. The Bertz CT molecular complexity index is 607. The average Bonchev–Trinajstić information content (AvgIpc) is 3.07. The van der Waals surface area contributed by atoms with Gasteiger partial charge in [-0.2, -0.15) is 0 Å². The van der Waals surface area contributed by atoms with Crippen LogP contribution in [-0.2, 0) is 17.9 Å². The molecule has 7 nitrogen and oxygen atoms in total. The molecule has 0 spiro atoms. The third-order valence-corrected chi connectivity index (χ3v) is 4.55. The van der Waals surface area contributed by atoms with E-state index >= 15 is 0 Å². The van der Waals surface area contributed by atoms with E-state index in [1.807, 2.05) is 12.1 Å². The van der Waals surface area contributed by atoms with E-state index in [2.05, 4.69) is 25.8 Å². The molecular formula is C16H22N6O. The molecule has 1 fully saturated rings. The largest absolute Gasteiger partial charge is 0.352 e. The minimum atomic E-state index is -0.0351. The summed E-state index contributed by atoms with van der Waals surface area (Å²) in [5.41, 5.74) is 0.978. The van der Waals surface area contributed by atoms with E-state index in [9.17, 15) is 4.79 Å². The predicted octanol–water partition coefficient (Wildman–Crippen LogP) is 1.73. The summed E-state index contributed by atoms with van der Waals surface area (Å²) < 4.78 is 1.75. The Balaban J connectivity index is 1.60. The molecule has 0 unspecified atom stereocenters. The fourth-order valence-corrected chi connectivity index (χ4v) is 3.40. The normalized spacial score (nSPS) is 16.9. The Kier molecular flexibility index (Phi) is 4.95. The standard InChI is InChI=1S/C16H22N6O/c23-15(18-11-14-5-4-8-17-10-14)9-16(6-2-1-3-7-16)12-22-13-19-20-21-22/h4-5,8,10,13H,1-3,6-7,9,11-12H2,(H,18,23). The molecule has 0 aromatic carbocycles. The molecular weight excluding hydrogens is 292 g/mol. The van der Waals surface area contributed by atoms with Gasteiger partial charge in [0.2, 0.25) is 5.91 Å². The number of carbonyl (C=O) groups is 1. The first-order valence-electron chi connectivity index (χ1n) is 8.12. The van der Waals surface area contributed by atoms with Crippen LogP contribution in [0.2, 0.25) is 0 Å². The Morgan fingerprint density at radius 1 is 1.30 bits per heavy atom. The zero-order chi connectivity index (χ0) is 16.0. The highest BCUT2D eigenvalue weighted by molar-refractivity contribution is 5.76. The van der Waals surface area contributed by atoms with Crippen molar-refractivity contribution in [1.29, 1.82) is 0 Å². The van der Waals surface area contributed by atoms with E-state index in [4.69, 9.17) is 0 Å². The van der Waals surface area contributed by atoms with Crippen molar-refractivity contribution < 1.29 is 4.79 Å². The SMILES string of the molecule is O=C(CC1(Cn2cnnn2)CCCCC1)NCc1cccnc1. The summed E-state index contributed by atoms with van der Waals surface area (Å²) in [6, 6.07) is 3.84. The molecule has 2 heterocycles. The highest BCUT2D eigenvalue weighted by Crippen LogP contribution is 2.40. The lowest BCUT2D eigenvalue weighted by atomic mass is 9.71. The molecule has 23 heavy (non-hydrogen) atoms. The van der Waals surface area contributed by atoms with Crippen molar-refractivity contribution in [3.63, 3.8) is 0 Å². The lowest BCUT2D eigenvalue weighted by molar-refractivity contribution is -0.124. The van der Waals surface area contributed by atoms with Gasteiger partial charge >= 0.3 is 0 Å². The van der Waals surface area contributed by atoms with Crippen LogP contribution in [0.4, 0.5) is 0 Å². The number of pyridine rings is 1. The topological polar surface area (TPSA) is 85.6 Å². The van der Waals surface area contributed by atoms with Crippen LogP contribution in [0, 0.1) is 5.41 Å². The van der Waals surface area contributed by atoms with Gasteiger partial charge in [-0.15, -0.1) is 5.10 Å². The van der Waals surface area contributed by atoms with Crippen LogP contribution in [-0.4, -0.2) is 31.1 Å². The summed E-state index contributed by atoms with van der Waals surface area (Å²) in [6.07, 6.45) is 11.3. The highest BCUT2D eigenvalue weighted by Gasteiger charge is 2.35. The van der Waals surface area contributed by atoms with Crippen molar-refractivity contribution in [3.05, 3.63) is 36.4 Å². The van der Waals surface area contributed by atoms with Crippen LogP contribution in [0.25, 0.3) is 0 Å². The molecule has 7 heteroatoms. The lowest BCUT2D eigenvalue weighted by Crippen LogP contribution is -2.36. The van der Waals surface area contributed by atoms with Gasteiger partial charge < -0.3 is 5.32 Å². The molecule has 3 rings (SSSR count). The van der Waals surface area contributed by atoms with E-state index in [0.717, 1.165) is 31.2 Å². The predicted molar refractivity (Wildman–Crippen MR) is 84.0 cm³/mol. The molecule has 1 amide bonds. The molecule has 2 aromatic rings. The van der Waals surface area contributed by atoms with Crippen LogP contribution in [0.1, 0.15) is 44.1 Å². The third kappa shape index (κ3) is 4.34. The third-order valence-electron chi connectivity index (χ3n) is 4.55. The fraction of sp³-hybridized carbons (Fsp3) is 0.562. The number of nitrogens with one attached hydrogen (secondary N) is 1. The first kappa shape index (κ1) is 15.6. The van der Waals surface area contributed by atoms with E-state index in [1.54, 1.807) is 23.4 Å². The Morgan fingerprint density at radius 3 is 2.87 bits per heavy atom. The van der Waals surface area contributed by atoms with Gasteiger partial charge in [-0.1, -0.05) is 25.3 Å². The molecule has 0 radical (unpaired) electrons. The van der Waals surface area contributed by atoms with E-state index in [1.165, 1.54) is 6.42 Å². The number of hydrogen-bond acceptors (Lipinski definition) is 5. The number of rotatable bonds is 6. The molecule has 0 bridgehead atoms. The summed E-state index contributed by atoms with van der Waals surface area (Å²) >= 11 is 0. The molecule has 1 saturated carbocycles. The van der Waals surface area contributed by atoms with Crippen LogP contribution in [0.15, 0.2) is 30.9 Å². The van der Waals surface area contributed by atoms with E-state index in [0.29, 0.717) is 19.5 Å². The average molecular weight is 314 g/mol.